The maximum absolute atomic E-state index is 11.9. The molecule has 0 spiro atoms. The average Bonchev–Trinajstić information content (AvgIpc) is 2.37. The predicted molar refractivity (Wildman–Crippen MR) is 71.3 cm³/mol. The monoisotopic (exact) mass is 228 g/mol. The van der Waals surface area contributed by atoms with Gasteiger partial charge in [-0.1, -0.05) is 36.4 Å². The molecular weight excluding hydrogens is 212 g/mol. The van der Waals surface area contributed by atoms with Crippen LogP contribution in [0.25, 0.3) is 10.8 Å². The smallest absolute Gasteiger partial charge is 0.240 e. The molecule has 0 saturated carbocycles. The summed E-state index contributed by atoms with van der Waals surface area (Å²) in [5, 5.41) is 5.12. The third-order valence-electron chi connectivity index (χ3n) is 2.83. The first kappa shape index (κ1) is 11.6. The summed E-state index contributed by atoms with van der Waals surface area (Å²) in [4.78, 5) is 13.5. The molecule has 1 amide bonds. The zero-order valence-corrected chi connectivity index (χ0v) is 10.1. The zero-order chi connectivity index (χ0) is 12.3. The van der Waals surface area contributed by atoms with Crippen LogP contribution in [0.2, 0.25) is 0 Å². The van der Waals surface area contributed by atoms with E-state index in [0.29, 0.717) is 6.54 Å². The van der Waals surface area contributed by atoms with Gasteiger partial charge >= 0.3 is 0 Å². The standard InChI is InChI=1S/C14H16N2O/c1-15-10-14(17)16(2)13-9-5-7-11-6-3-4-8-12(11)13/h3-9,15H,10H2,1-2H3. The van der Waals surface area contributed by atoms with E-state index in [-0.39, 0.29) is 5.91 Å². The Morgan fingerprint density at radius 2 is 1.88 bits per heavy atom. The molecule has 2 aromatic rings. The van der Waals surface area contributed by atoms with E-state index in [2.05, 4.69) is 17.4 Å². The number of hydrogen-bond acceptors (Lipinski definition) is 2. The Morgan fingerprint density at radius 3 is 2.65 bits per heavy atom. The number of carbonyl (C=O) groups excluding carboxylic acids is 1. The lowest BCUT2D eigenvalue weighted by atomic mass is 10.1. The van der Waals surface area contributed by atoms with Crippen molar-refractivity contribution in [1.29, 1.82) is 0 Å². The minimum atomic E-state index is 0.0591. The molecule has 0 radical (unpaired) electrons. The SMILES string of the molecule is CNCC(=O)N(C)c1cccc2ccccc12. The highest BCUT2D eigenvalue weighted by molar-refractivity contribution is 6.03. The number of nitrogens with zero attached hydrogens (tertiary/aromatic N) is 1. The van der Waals surface area contributed by atoms with Gasteiger partial charge < -0.3 is 10.2 Å². The van der Waals surface area contributed by atoms with E-state index in [0.717, 1.165) is 16.5 Å². The molecule has 1 N–H and O–H groups in total. The van der Waals surface area contributed by atoms with Gasteiger partial charge in [-0.3, -0.25) is 4.79 Å². The van der Waals surface area contributed by atoms with E-state index in [9.17, 15) is 4.79 Å². The van der Waals surface area contributed by atoms with E-state index in [4.69, 9.17) is 0 Å². The van der Waals surface area contributed by atoms with Crippen LogP contribution in [-0.2, 0) is 4.79 Å². The highest BCUT2D eigenvalue weighted by atomic mass is 16.2. The number of likely N-dealkylation sites (N-methyl/N-ethyl adjacent to an activating group) is 2. The quantitative estimate of drug-likeness (QED) is 0.871. The molecule has 0 unspecified atom stereocenters. The van der Waals surface area contributed by atoms with E-state index < -0.39 is 0 Å². The highest BCUT2D eigenvalue weighted by Crippen LogP contribution is 2.25. The number of rotatable bonds is 3. The lowest BCUT2D eigenvalue weighted by Gasteiger charge is -2.19. The number of hydrogen-bond donors (Lipinski definition) is 1. The van der Waals surface area contributed by atoms with Gasteiger partial charge in [-0.05, 0) is 18.5 Å². The van der Waals surface area contributed by atoms with E-state index >= 15 is 0 Å². The van der Waals surface area contributed by atoms with E-state index in [1.54, 1.807) is 19.0 Å². The maximum atomic E-state index is 11.9. The van der Waals surface area contributed by atoms with Gasteiger partial charge in [-0.25, -0.2) is 0 Å². The topological polar surface area (TPSA) is 32.3 Å². The minimum Gasteiger partial charge on any atom is -0.314 e. The molecule has 0 aliphatic rings. The van der Waals surface area contributed by atoms with Crippen LogP contribution in [0.3, 0.4) is 0 Å². The van der Waals surface area contributed by atoms with Gasteiger partial charge in [0.05, 0.1) is 12.2 Å². The summed E-state index contributed by atoms with van der Waals surface area (Å²) < 4.78 is 0. The van der Waals surface area contributed by atoms with Crippen molar-refractivity contribution in [2.45, 2.75) is 0 Å². The summed E-state index contributed by atoms with van der Waals surface area (Å²) in [5.41, 5.74) is 0.948. The summed E-state index contributed by atoms with van der Waals surface area (Å²) in [5.74, 6) is 0.0591. The number of fused-ring (bicyclic) bond motifs is 1. The van der Waals surface area contributed by atoms with Gasteiger partial charge in [0.25, 0.3) is 0 Å². The molecule has 3 heteroatoms. The number of carbonyl (C=O) groups is 1. The van der Waals surface area contributed by atoms with Gasteiger partial charge in [0.1, 0.15) is 0 Å². The number of benzene rings is 2. The van der Waals surface area contributed by atoms with Gasteiger partial charge in [-0.15, -0.1) is 0 Å². The molecule has 0 fully saturated rings. The fourth-order valence-electron chi connectivity index (χ4n) is 1.90. The summed E-state index contributed by atoms with van der Waals surface area (Å²) >= 11 is 0. The Labute approximate surface area is 101 Å². The Morgan fingerprint density at radius 1 is 1.18 bits per heavy atom. The first-order valence-electron chi connectivity index (χ1n) is 5.63. The van der Waals surface area contributed by atoms with Crippen molar-refractivity contribution in [3.63, 3.8) is 0 Å². The van der Waals surface area contributed by atoms with Crippen LogP contribution in [0.5, 0.6) is 0 Å². The fraction of sp³-hybridized carbons (Fsp3) is 0.214. The van der Waals surface area contributed by atoms with Crippen molar-refractivity contribution >= 4 is 22.4 Å². The Bertz CT molecular complexity index is 531. The van der Waals surface area contributed by atoms with E-state index in [1.807, 2.05) is 30.3 Å². The van der Waals surface area contributed by atoms with Crippen molar-refractivity contribution in [2.75, 3.05) is 25.5 Å². The lowest BCUT2D eigenvalue weighted by Crippen LogP contribution is -2.34. The van der Waals surface area contributed by atoms with Crippen molar-refractivity contribution in [2.24, 2.45) is 0 Å². The lowest BCUT2D eigenvalue weighted by molar-refractivity contribution is -0.117. The molecule has 0 bridgehead atoms. The summed E-state index contributed by atoms with van der Waals surface area (Å²) in [6, 6.07) is 14.1. The van der Waals surface area contributed by atoms with Crippen molar-refractivity contribution in [1.82, 2.24) is 5.32 Å². The van der Waals surface area contributed by atoms with E-state index in [1.165, 1.54) is 0 Å². The number of nitrogens with one attached hydrogen (secondary N) is 1. The third-order valence-corrected chi connectivity index (χ3v) is 2.83. The predicted octanol–water partition coefficient (Wildman–Crippen LogP) is 2.02. The Hall–Kier alpha value is -1.87. The number of amides is 1. The maximum Gasteiger partial charge on any atom is 0.240 e. The first-order valence-corrected chi connectivity index (χ1v) is 5.63. The molecule has 0 aliphatic carbocycles. The fourth-order valence-corrected chi connectivity index (χ4v) is 1.90. The van der Waals surface area contributed by atoms with Crippen molar-refractivity contribution in [3.05, 3.63) is 42.5 Å². The molecule has 0 heterocycles. The van der Waals surface area contributed by atoms with Crippen LogP contribution in [-0.4, -0.2) is 26.5 Å². The van der Waals surface area contributed by atoms with Crippen molar-refractivity contribution < 1.29 is 4.79 Å². The van der Waals surface area contributed by atoms with Crippen LogP contribution in [0.15, 0.2) is 42.5 Å². The van der Waals surface area contributed by atoms with Gasteiger partial charge in [0, 0.05) is 12.4 Å². The molecule has 2 aromatic carbocycles. The van der Waals surface area contributed by atoms with Gasteiger partial charge in [0.2, 0.25) is 5.91 Å². The second kappa shape index (κ2) is 4.97. The van der Waals surface area contributed by atoms with Crippen LogP contribution in [0, 0.1) is 0 Å². The van der Waals surface area contributed by atoms with Gasteiger partial charge in [0.15, 0.2) is 0 Å². The molecule has 0 aliphatic heterocycles. The van der Waals surface area contributed by atoms with Crippen LogP contribution >= 0.6 is 0 Å². The van der Waals surface area contributed by atoms with Crippen LogP contribution in [0.1, 0.15) is 0 Å². The Kier molecular flexibility index (Phi) is 3.40. The molecule has 88 valence electrons. The summed E-state index contributed by atoms with van der Waals surface area (Å²) in [6.45, 7) is 0.347. The summed E-state index contributed by atoms with van der Waals surface area (Å²) in [6.07, 6.45) is 0. The second-order valence-electron chi connectivity index (χ2n) is 3.98. The normalized spacial score (nSPS) is 10.5. The first-order chi connectivity index (χ1) is 8.24. The van der Waals surface area contributed by atoms with Crippen LogP contribution in [0.4, 0.5) is 5.69 Å². The third kappa shape index (κ3) is 2.29. The highest BCUT2D eigenvalue weighted by Gasteiger charge is 2.11. The molecule has 0 saturated heterocycles. The molecule has 0 aromatic heterocycles. The molecule has 17 heavy (non-hydrogen) atoms. The molecular formula is C14H16N2O. The largest absolute Gasteiger partial charge is 0.314 e. The Balaban J connectivity index is 2.44. The van der Waals surface area contributed by atoms with Crippen molar-refractivity contribution in [3.8, 4) is 0 Å². The number of anilines is 1. The average molecular weight is 228 g/mol. The molecule has 2 rings (SSSR count). The van der Waals surface area contributed by atoms with Gasteiger partial charge in [-0.2, -0.15) is 0 Å². The zero-order valence-electron chi connectivity index (χ0n) is 10.1. The summed E-state index contributed by atoms with van der Waals surface area (Å²) in [7, 11) is 3.58. The second-order valence-corrected chi connectivity index (χ2v) is 3.98. The molecule has 3 nitrogen and oxygen atoms in total. The minimum absolute atomic E-state index is 0.0591. The van der Waals surface area contributed by atoms with Crippen LogP contribution < -0.4 is 10.2 Å². The molecule has 0 atom stereocenters.